The number of nitrogens with zero attached hydrogens (tertiary/aromatic N) is 5. The molecule has 0 spiro atoms. The maximum absolute atomic E-state index is 13.5. The molecule has 164 valence electrons. The number of fused-ring (bicyclic) bond motifs is 1. The van der Waals surface area contributed by atoms with Gasteiger partial charge in [-0.15, -0.1) is 0 Å². The first kappa shape index (κ1) is 20.3. The number of aromatic nitrogens is 4. The first-order chi connectivity index (χ1) is 15.4. The number of carbonyl (C=O) groups is 2. The van der Waals surface area contributed by atoms with Crippen LogP contribution in [0.4, 0.5) is 4.39 Å². The highest BCUT2D eigenvalue weighted by Gasteiger charge is 2.57. The van der Waals surface area contributed by atoms with Gasteiger partial charge in [0.2, 0.25) is 5.91 Å². The highest BCUT2D eigenvalue weighted by molar-refractivity contribution is 5.94. The summed E-state index contributed by atoms with van der Waals surface area (Å²) < 4.78 is 13.5. The first-order valence-corrected chi connectivity index (χ1v) is 10.6. The van der Waals surface area contributed by atoms with Crippen LogP contribution in [0.3, 0.4) is 0 Å². The number of pyridine rings is 1. The van der Waals surface area contributed by atoms with E-state index in [4.69, 9.17) is 0 Å². The van der Waals surface area contributed by atoms with Crippen molar-refractivity contribution in [1.29, 1.82) is 0 Å². The third kappa shape index (κ3) is 3.53. The van der Waals surface area contributed by atoms with Crippen LogP contribution in [0.15, 0.2) is 48.8 Å². The highest BCUT2D eigenvalue weighted by Crippen LogP contribution is 2.44. The van der Waals surface area contributed by atoms with Crippen molar-refractivity contribution < 1.29 is 14.0 Å². The van der Waals surface area contributed by atoms with E-state index in [1.54, 1.807) is 41.6 Å². The predicted molar refractivity (Wildman–Crippen MR) is 113 cm³/mol. The minimum atomic E-state index is -0.541. The Labute approximate surface area is 184 Å². The zero-order chi connectivity index (χ0) is 22.3. The van der Waals surface area contributed by atoms with Gasteiger partial charge in [-0.25, -0.2) is 9.37 Å². The molecule has 0 saturated carbocycles. The standard InChI is InChI=1S/C23H23FN6O2/c1-15-26-22(28-27-15)23-13-29(20(31)9-16-4-2-6-19(24)8-16)11-18(23)12-30(14-23)21(32)17-5-3-7-25-10-17/h2-8,10,18H,9,11-14H2,1H3,(H,26,27,28)/t18-,23-/m1/s1. The van der Waals surface area contributed by atoms with Gasteiger partial charge in [0.25, 0.3) is 5.91 Å². The lowest BCUT2D eigenvalue weighted by Crippen LogP contribution is -2.42. The fourth-order valence-corrected chi connectivity index (χ4v) is 4.90. The second-order valence-corrected chi connectivity index (χ2v) is 8.61. The van der Waals surface area contributed by atoms with Crippen LogP contribution in [0.2, 0.25) is 0 Å². The summed E-state index contributed by atoms with van der Waals surface area (Å²) >= 11 is 0. The molecule has 1 aromatic carbocycles. The molecule has 2 fully saturated rings. The third-order valence-electron chi connectivity index (χ3n) is 6.44. The lowest BCUT2D eigenvalue weighted by molar-refractivity contribution is -0.129. The molecule has 0 bridgehead atoms. The Balaban J connectivity index is 1.39. The predicted octanol–water partition coefficient (Wildman–Crippen LogP) is 1.74. The van der Waals surface area contributed by atoms with Crippen LogP contribution in [0, 0.1) is 18.7 Å². The number of likely N-dealkylation sites (tertiary alicyclic amines) is 2. The monoisotopic (exact) mass is 434 g/mol. The molecule has 2 saturated heterocycles. The Morgan fingerprint density at radius 3 is 2.72 bits per heavy atom. The van der Waals surface area contributed by atoms with Gasteiger partial charge in [-0.3, -0.25) is 19.7 Å². The van der Waals surface area contributed by atoms with Gasteiger partial charge in [-0.2, -0.15) is 5.10 Å². The third-order valence-corrected chi connectivity index (χ3v) is 6.44. The van der Waals surface area contributed by atoms with Crippen LogP contribution >= 0.6 is 0 Å². The van der Waals surface area contributed by atoms with Crippen molar-refractivity contribution in [2.75, 3.05) is 26.2 Å². The number of aromatic amines is 1. The summed E-state index contributed by atoms with van der Waals surface area (Å²) in [5, 5.41) is 7.31. The minimum absolute atomic E-state index is 0.00906. The number of aryl methyl sites for hydroxylation is 1. The van der Waals surface area contributed by atoms with Gasteiger partial charge in [0.05, 0.1) is 17.4 Å². The van der Waals surface area contributed by atoms with Gasteiger partial charge in [-0.1, -0.05) is 12.1 Å². The normalized spacial score (nSPS) is 22.2. The Kier molecular flexibility index (Phi) is 4.96. The second kappa shape index (κ2) is 7.81. The number of nitrogens with one attached hydrogen (secondary N) is 1. The second-order valence-electron chi connectivity index (χ2n) is 8.61. The zero-order valence-corrected chi connectivity index (χ0v) is 17.7. The van der Waals surface area contributed by atoms with Crippen LogP contribution in [0.5, 0.6) is 0 Å². The summed E-state index contributed by atoms with van der Waals surface area (Å²) in [5.74, 6) is 0.816. The van der Waals surface area contributed by atoms with Crippen LogP contribution in [0.1, 0.15) is 27.6 Å². The molecule has 4 heterocycles. The zero-order valence-electron chi connectivity index (χ0n) is 17.7. The summed E-state index contributed by atoms with van der Waals surface area (Å²) in [6.07, 6.45) is 3.33. The van der Waals surface area contributed by atoms with Crippen molar-refractivity contribution in [2.45, 2.75) is 18.8 Å². The SMILES string of the molecule is Cc1nc([C@@]23CN(C(=O)Cc4cccc(F)c4)C[C@@H]2CN(C(=O)c2cccnc2)C3)n[nH]1. The maximum atomic E-state index is 13.5. The number of hydrogen-bond donors (Lipinski definition) is 1. The number of H-pyrrole nitrogens is 1. The lowest BCUT2D eigenvalue weighted by Gasteiger charge is -2.27. The molecule has 1 N–H and O–H groups in total. The molecule has 0 unspecified atom stereocenters. The smallest absolute Gasteiger partial charge is 0.255 e. The molecule has 0 aliphatic carbocycles. The summed E-state index contributed by atoms with van der Waals surface area (Å²) in [6, 6.07) is 9.60. The molecule has 2 aliphatic heterocycles. The van der Waals surface area contributed by atoms with Crippen LogP contribution in [0.25, 0.3) is 0 Å². The van der Waals surface area contributed by atoms with Gasteiger partial charge >= 0.3 is 0 Å². The van der Waals surface area contributed by atoms with E-state index in [-0.39, 0.29) is 30.0 Å². The summed E-state index contributed by atoms with van der Waals surface area (Å²) in [5.41, 5.74) is 0.635. The van der Waals surface area contributed by atoms with E-state index in [2.05, 4.69) is 20.2 Å². The van der Waals surface area contributed by atoms with Crippen LogP contribution < -0.4 is 0 Å². The molecule has 9 heteroatoms. The van der Waals surface area contributed by atoms with Gasteiger partial charge < -0.3 is 9.80 Å². The fourth-order valence-electron chi connectivity index (χ4n) is 4.90. The fraction of sp³-hybridized carbons (Fsp3) is 0.348. The molecule has 0 radical (unpaired) electrons. The Morgan fingerprint density at radius 2 is 2.00 bits per heavy atom. The van der Waals surface area contributed by atoms with E-state index < -0.39 is 5.41 Å². The first-order valence-electron chi connectivity index (χ1n) is 10.6. The van der Waals surface area contributed by atoms with Crippen molar-refractivity contribution in [3.8, 4) is 0 Å². The molecular formula is C23H23FN6O2. The Morgan fingerprint density at radius 1 is 1.19 bits per heavy atom. The number of rotatable bonds is 4. The molecule has 2 amide bonds. The number of hydrogen-bond acceptors (Lipinski definition) is 5. The molecular weight excluding hydrogens is 411 g/mol. The molecule has 2 aliphatic rings. The largest absolute Gasteiger partial charge is 0.341 e. The van der Waals surface area contributed by atoms with Crippen molar-refractivity contribution in [1.82, 2.24) is 30.0 Å². The molecule has 32 heavy (non-hydrogen) atoms. The van der Waals surface area contributed by atoms with Crippen molar-refractivity contribution in [2.24, 2.45) is 5.92 Å². The summed E-state index contributed by atoms with van der Waals surface area (Å²) in [6.45, 7) is 3.67. The van der Waals surface area contributed by atoms with E-state index in [9.17, 15) is 14.0 Å². The van der Waals surface area contributed by atoms with Crippen LogP contribution in [-0.2, 0) is 16.6 Å². The van der Waals surface area contributed by atoms with Crippen LogP contribution in [-0.4, -0.2) is 68.0 Å². The van der Waals surface area contributed by atoms with Gasteiger partial charge in [-0.05, 0) is 36.8 Å². The van der Waals surface area contributed by atoms with Gasteiger partial charge in [0.1, 0.15) is 11.6 Å². The molecule has 3 aromatic rings. The average molecular weight is 434 g/mol. The minimum Gasteiger partial charge on any atom is -0.341 e. The van der Waals surface area contributed by atoms with Crippen molar-refractivity contribution in [3.63, 3.8) is 0 Å². The van der Waals surface area contributed by atoms with Crippen molar-refractivity contribution >= 4 is 11.8 Å². The van der Waals surface area contributed by atoms with E-state index in [1.165, 1.54) is 12.1 Å². The summed E-state index contributed by atoms with van der Waals surface area (Å²) in [4.78, 5) is 38.3. The number of carbonyl (C=O) groups excluding carboxylic acids is 2. The quantitative estimate of drug-likeness (QED) is 0.675. The molecule has 8 nitrogen and oxygen atoms in total. The number of amides is 2. The molecule has 2 aromatic heterocycles. The van der Waals surface area contributed by atoms with Gasteiger partial charge in [0.15, 0.2) is 5.82 Å². The lowest BCUT2D eigenvalue weighted by atomic mass is 9.80. The highest BCUT2D eigenvalue weighted by atomic mass is 19.1. The van der Waals surface area contributed by atoms with E-state index in [0.29, 0.717) is 49.0 Å². The van der Waals surface area contributed by atoms with Gasteiger partial charge in [0, 0.05) is 44.5 Å². The Bertz CT molecular complexity index is 1170. The average Bonchev–Trinajstić information content (AvgIpc) is 3.46. The maximum Gasteiger partial charge on any atom is 0.255 e. The molecule has 5 rings (SSSR count). The summed E-state index contributed by atoms with van der Waals surface area (Å²) in [7, 11) is 0. The van der Waals surface area contributed by atoms with E-state index >= 15 is 0 Å². The molecule has 2 atom stereocenters. The topological polar surface area (TPSA) is 95.1 Å². The number of benzene rings is 1. The van der Waals surface area contributed by atoms with E-state index in [0.717, 1.165) is 0 Å². The number of halogens is 1. The van der Waals surface area contributed by atoms with Crippen molar-refractivity contribution in [3.05, 3.63) is 77.4 Å². The Hall–Kier alpha value is -3.62. The van der Waals surface area contributed by atoms with E-state index in [1.807, 2.05) is 11.8 Å².